The number of hydrogen-bond acceptors (Lipinski definition) is 3. The highest BCUT2D eigenvalue weighted by Crippen LogP contribution is 2.24. The summed E-state index contributed by atoms with van der Waals surface area (Å²) in [7, 11) is 0. The zero-order chi connectivity index (χ0) is 10.0. The molecule has 1 unspecified atom stereocenters. The molecule has 0 aromatic heterocycles. The summed E-state index contributed by atoms with van der Waals surface area (Å²) >= 11 is 0.914. The lowest BCUT2D eigenvalue weighted by atomic mass is 10.2. The zero-order valence-electron chi connectivity index (χ0n) is 6.62. The summed E-state index contributed by atoms with van der Waals surface area (Å²) in [6.07, 6.45) is 0. The van der Waals surface area contributed by atoms with E-state index in [9.17, 15) is 8.76 Å². The van der Waals surface area contributed by atoms with Gasteiger partial charge in [-0.05, 0) is 44.7 Å². The molecule has 5 heteroatoms. The SMILES string of the molecule is C=C(c1ccc(N)c(Br)c1)S(=O)[O-]. The van der Waals surface area contributed by atoms with Crippen LogP contribution in [0.1, 0.15) is 5.56 Å². The van der Waals surface area contributed by atoms with Gasteiger partial charge in [0.1, 0.15) is 0 Å². The molecular formula is C8H7BrNO2S-. The van der Waals surface area contributed by atoms with Gasteiger partial charge in [0.2, 0.25) is 0 Å². The standard InChI is InChI=1S/C8H8BrNO2S/c1-5(13(11)12)6-2-3-8(10)7(9)4-6/h2-4H,1,10H2,(H,11,12)/p-1. The maximum atomic E-state index is 10.5. The van der Waals surface area contributed by atoms with Gasteiger partial charge in [0, 0.05) is 15.1 Å². The fourth-order valence-electron chi connectivity index (χ4n) is 0.797. The second kappa shape index (κ2) is 4.04. The summed E-state index contributed by atoms with van der Waals surface area (Å²) < 4.78 is 21.8. The van der Waals surface area contributed by atoms with E-state index in [1.807, 2.05) is 0 Å². The van der Waals surface area contributed by atoms with Crippen LogP contribution in [0, 0.1) is 0 Å². The van der Waals surface area contributed by atoms with Crippen molar-refractivity contribution in [3.05, 3.63) is 34.8 Å². The first-order chi connectivity index (χ1) is 6.02. The minimum atomic E-state index is -2.28. The summed E-state index contributed by atoms with van der Waals surface area (Å²) in [6, 6.07) is 4.85. The third-order valence-corrected chi connectivity index (χ3v) is 2.85. The number of rotatable bonds is 2. The topological polar surface area (TPSA) is 66.2 Å². The second-order valence-electron chi connectivity index (χ2n) is 2.39. The minimum Gasteiger partial charge on any atom is -0.768 e. The van der Waals surface area contributed by atoms with Crippen LogP contribution in [0.4, 0.5) is 5.69 Å². The molecule has 0 radical (unpaired) electrons. The van der Waals surface area contributed by atoms with Crippen molar-refractivity contribution in [1.82, 2.24) is 0 Å². The Morgan fingerprint density at radius 3 is 2.69 bits per heavy atom. The summed E-state index contributed by atoms with van der Waals surface area (Å²) in [5, 5.41) is 0. The highest BCUT2D eigenvalue weighted by molar-refractivity contribution is 9.10. The molecule has 0 aliphatic rings. The fraction of sp³-hybridized carbons (Fsp3) is 0. The molecule has 0 amide bonds. The minimum absolute atomic E-state index is 0.0562. The van der Waals surface area contributed by atoms with Crippen LogP contribution in [-0.2, 0) is 11.1 Å². The number of benzene rings is 1. The molecule has 1 aromatic rings. The molecule has 1 atom stereocenters. The van der Waals surface area contributed by atoms with Gasteiger partial charge in [-0.1, -0.05) is 12.6 Å². The summed E-state index contributed by atoms with van der Waals surface area (Å²) in [6.45, 7) is 3.42. The lowest BCUT2D eigenvalue weighted by molar-refractivity contribution is 0.548. The lowest BCUT2D eigenvalue weighted by Gasteiger charge is -2.09. The van der Waals surface area contributed by atoms with Gasteiger partial charge in [-0.15, -0.1) is 0 Å². The molecular weight excluding hydrogens is 254 g/mol. The van der Waals surface area contributed by atoms with E-state index in [-0.39, 0.29) is 4.91 Å². The monoisotopic (exact) mass is 260 g/mol. The lowest BCUT2D eigenvalue weighted by Crippen LogP contribution is -1.93. The predicted octanol–water partition coefficient (Wildman–Crippen LogP) is 1.88. The molecule has 0 aliphatic carbocycles. The third-order valence-electron chi connectivity index (χ3n) is 1.52. The molecule has 0 bridgehead atoms. The summed E-state index contributed by atoms with van der Waals surface area (Å²) in [4.78, 5) is 0.0562. The van der Waals surface area contributed by atoms with Crippen LogP contribution < -0.4 is 5.73 Å². The molecule has 70 valence electrons. The van der Waals surface area contributed by atoms with Gasteiger partial charge in [0.05, 0.1) is 0 Å². The van der Waals surface area contributed by atoms with Crippen LogP contribution in [0.5, 0.6) is 0 Å². The number of nitrogens with two attached hydrogens (primary N) is 1. The van der Waals surface area contributed by atoms with E-state index in [4.69, 9.17) is 5.73 Å². The van der Waals surface area contributed by atoms with Crippen molar-refractivity contribution in [2.75, 3.05) is 5.73 Å². The molecule has 13 heavy (non-hydrogen) atoms. The van der Waals surface area contributed by atoms with Crippen molar-refractivity contribution in [1.29, 1.82) is 0 Å². The van der Waals surface area contributed by atoms with Gasteiger partial charge in [0.25, 0.3) is 0 Å². The van der Waals surface area contributed by atoms with Crippen molar-refractivity contribution < 1.29 is 8.76 Å². The summed E-state index contributed by atoms with van der Waals surface area (Å²) in [5.41, 5.74) is 6.63. The Kier molecular flexibility index (Phi) is 3.24. The third kappa shape index (κ3) is 2.40. The maximum Gasteiger partial charge on any atom is 0.0458 e. The second-order valence-corrected chi connectivity index (χ2v) is 4.21. The Hall–Kier alpha value is -0.650. The number of hydrogen-bond donors (Lipinski definition) is 1. The van der Waals surface area contributed by atoms with Crippen LogP contribution >= 0.6 is 15.9 Å². The van der Waals surface area contributed by atoms with Gasteiger partial charge in [0.15, 0.2) is 0 Å². The highest BCUT2D eigenvalue weighted by Gasteiger charge is 2.01. The number of halogens is 1. The molecule has 1 rings (SSSR count). The normalized spacial score (nSPS) is 12.5. The van der Waals surface area contributed by atoms with E-state index < -0.39 is 11.1 Å². The van der Waals surface area contributed by atoms with Crippen LogP contribution in [0.25, 0.3) is 4.91 Å². The Bertz CT molecular complexity index is 378. The van der Waals surface area contributed by atoms with Gasteiger partial charge in [-0.3, -0.25) is 4.21 Å². The van der Waals surface area contributed by atoms with Gasteiger partial charge < -0.3 is 10.3 Å². The number of anilines is 1. The van der Waals surface area contributed by atoms with E-state index >= 15 is 0 Å². The fourth-order valence-corrected chi connectivity index (χ4v) is 1.50. The highest BCUT2D eigenvalue weighted by atomic mass is 79.9. The van der Waals surface area contributed by atoms with E-state index in [1.165, 1.54) is 0 Å². The van der Waals surface area contributed by atoms with Crippen molar-refractivity contribution in [3.8, 4) is 0 Å². The molecule has 2 N–H and O–H groups in total. The average molecular weight is 261 g/mol. The quantitative estimate of drug-likeness (QED) is 0.653. The van der Waals surface area contributed by atoms with E-state index in [2.05, 4.69) is 22.5 Å². The van der Waals surface area contributed by atoms with E-state index in [0.29, 0.717) is 15.7 Å². The maximum absolute atomic E-state index is 10.5. The average Bonchev–Trinajstić information content (AvgIpc) is 2.08. The molecule has 0 fully saturated rings. The van der Waals surface area contributed by atoms with Crippen LogP contribution in [0.2, 0.25) is 0 Å². The molecule has 0 heterocycles. The van der Waals surface area contributed by atoms with Crippen LogP contribution in [0.3, 0.4) is 0 Å². The van der Waals surface area contributed by atoms with Crippen molar-refractivity contribution in [3.63, 3.8) is 0 Å². The zero-order valence-corrected chi connectivity index (χ0v) is 9.02. The summed E-state index contributed by atoms with van der Waals surface area (Å²) in [5.74, 6) is 0. The Balaban J connectivity index is 3.11. The molecule has 3 nitrogen and oxygen atoms in total. The predicted molar refractivity (Wildman–Crippen MR) is 56.5 cm³/mol. The largest absolute Gasteiger partial charge is 0.768 e. The van der Waals surface area contributed by atoms with Crippen molar-refractivity contribution in [2.45, 2.75) is 0 Å². The van der Waals surface area contributed by atoms with Crippen LogP contribution in [-0.4, -0.2) is 8.76 Å². The number of nitrogen functional groups attached to an aromatic ring is 1. The molecule has 0 saturated heterocycles. The first-order valence-electron chi connectivity index (χ1n) is 3.36. The first-order valence-corrected chi connectivity index (χ1v) is 5.22. The molecule has 0 aliphatic heterocycles. The van der Waals surface area contributed by atoms with E-state index in [1.54, 1.807) is 18.2 Å². The molecule has 1 aromatic carbocycles. The smallest absolute Gasteiger partial charge is 0.0458 e. The molecule has 0 saturated carbocycles. The van der Waals surface area contributed by atoms with Gasteiger partial charge in [-0.25, -0.2) is 0 Å². The molecule has 0 spiro atoms. The van der Waals surface area contributed by atoms with E-state index in [0.717, 1.165) is 0 Å². The Morgan fingerprint density at radius 1 is 1.62 bits per heavy atom. The van der Waals surface area contributed by atoms with Gasteiger partial charge >= 0.3 is 0 Å². The van der Waals surface area contributed by atoms with Crippen LogP contribution in [0.15, 0.2) is 29.3 Å². The van der Waals surface area contributed by atoms with Crippen molar-refractivity contribution >= 4 is 37.6 Å². The Morgan fingerprint density at radius 2 is 2.23 bits per heavy atom. The Labute approximate surface area is 87.1 Å². The van der Waals surface area contributed by atoms with Gasteiger partial charge in [-0.2, -0.15) is 0 Å². The first kappa shape index (κ1) is 10.4. The van der Waals surface area contributed by atoms with Crippen molar-refractivity contribution in [2.24, 2.45) is 0 Å².